The summed E-state index contributed by atoms with van der Waals surface area (Å²) in [6.45, 7) is 3.14. The summed E-state index contributed by atoms with van der Waals surface area (Å²) >= 11 is 1.80. The van der Waals surface area contributed by atoms with E-state index >= 15 is 0 Å². The largest absolute Gasteiger partial charge is 0.338 e. The molecule has 1 aliphatic heterocycles. The molecule has 0 amide bonds. The Morgan fingerprint density at radius 2 is 1.88 bits per heavy atom. The van der Waals surface area contributed by atoms with E-state index in [1.165, 1.54) is 21.2 Å². The van der Waals surface area contributed by atoms with Gasteiger partial charge in [-0.3, -0.25) is 4.79 Å². The number of hydrogen-bond acceptors (Lipinski definition) is 4. The highest BCUT2D eigenvalue weighted by Gasteiger charge is 2.32. The van der Waals surface area contributed by atoms with Gasteiger partial charge in [0.1, 0.15) is 0 Å². The highest BCUT2D eigenvalue weighted by molar-refractivity contribution is 7.99. The van der Waals surface area contributed by atoms with Crippen LogP contribution in [0.25, 0.3) is 0 Å². The van der Waals surface area contributed by atoms with Gasteiger partial charge in [-0.25, -0.2) is 0 Å². The second kappa shape index (κ2) is 6.50. The zero-order valence-corrected chi connectivity index (χ0v) is 15.8. The van der Waals surface area contributed by atoms with Crippen LogP contribution in [0, 0.1) is 5.92 Å². The van der Waals surface area contributed by atoms with Gasteiger partial charge >= 0.3 is 0 Å². The number of hydrogen-bond donors (Lipinski definition) is 0. The topological polar surface area (TPSA) is 23.6 Å². The fourth-order valence-electron chi connectivity index (χ4n) is 3.19. The van der Waals surface area contributed by atoms with Crippen molar-refractivity contribution in [2.75, 3.05) is 25.5 Å². The Labute approximate surface area is 154 Å². The molecule has 1 atom stereocenters. The maximum absolute atomic E-state index is 12.5. The van der Waals surface area contributed by atoms with Gasteiger partial charge in [0.2, 0.25) is 0 Å². The van der Waals surface area contributed by atoms with Gasteiger partial charge < -0.3 is 9.80 Å². The zero-order chi connectivity index (χ0) is 17.6. The van der Waals surface area contributed by atoms with E-state index in [-0.39, 0.29) is 5.92 Å². The summed E-state index contributed by atoms with van der Waals surface area (Å²) in [5.41, 5.74) is 3.28. The van der Waals surface area contributed by atoms with Crippen LogP contribution in [0.2, 0.25) is 0 Å². The van der Waals surface area contributed by atoms with Crippen molar-refractivity contribution in [2.24, 2.45) is 5.92 Å². The first-order chi connectivity index (χ1) is 12.0. The van der Waals surface area contributed by atoms with Crippen molar-refractivity contribution in [2.45, 2.75) is 35.6 Å². The third kappa shape index (κ3) is 3.21. The van der Waals surface area contributed by atoms with Gasteiger partial charge in [0, 0.05) is 33.9 Å². The predicted octanol–water partition coefficient (Wildman–Crippen LogP) is 4.83. The second-order valence-corrected chi connectivity index (χ2v) is 8.40. The summed E-state index contributed by atoms with van der Waals surface area (Å²) in [6, 6.07) is 15.2. The number of carbonyl (C=O) groups excluding carboxylic acids is 1. The van der Waals surface area contributed by atoms with Gasteiger partial charge in [0.05, 0.1) is 11.4 Å². The minimum absolute atomic E-state index is 0.260. The number of nitrogens with zero attached hydrogens (tertiary/aromatic N) is 2. The van der Waals surface area contributed by atoms with Crippen molar-refractivity contribution in [3.63, 3.8) is 0 Å². The van der Waals surface area contributed by atoms with E-state index in [1.54, 1.807) is 11.8 Å². The molecule has 0 bridgehead atoms. The fraction of sp³-hybridized carbons (Fsp3) is 0.381. The lowest BCUT2D eigenvalue weighted by atomic mass is 10.1. The van der Waals surface area contributed by atoms with Gasteiger partial charge in [-0.2, -0.15) is 0 Å². The molecule has 1 unspecified atom stereocenters. The average molecular weight is 353 g/mol. The Morgan fingerprint density at radius 3 is 2.60 bits per heavy atom. The molecule has 0 radical (unpaired) electrons. The summed E-state index contributed by atoms with van der Waals surface area (Å²) in [7, 11) is 4.23. The normalized spacial score (nSPS) is 17.2. The molecule has 0 saturated heterocycles. The van der Waals surface area contributed by atoms with Crippen molar-refractivity contribution < 1.29 is 4.79 Å². The maximum atomic E-state index is 12.5. The Bertz CT molecular complexity index is 813. The molecule has 4 heteroatoms. The predicted molar refractivity (Wildman–Crippen MR) is 104 cm³/mol. The number of para-hydroxylation sites is 1. The van der Waals surface area contributed by atoms with Crippen LogP contribution in [-0.4, -0.2) is 37.4 Å². The number of Topliss-reactive ketones (excluding diaryl/α,β-unsaturated/α-hetero) is 1. The van der Waals surface area contributed by atoms with Gasteiger partial charge in [-0.1, -0.05) is 30.0 Å². The lowest BCUT2D eigenvalue weighted by molar-refractivity contribution is 0.0967. The number of benzene rings is 2. The maximum Gasteiger partial charge on any atom is 0.166 e. The molecule has 130 valence electrons. The number of fused-ring (bicyclic) bond motifs is 2. The smallest absolute Gasteiger partial charge is 0.166 e. The lowest BCUT2D eigenvalue weighted by Gasteiger charge is -2.36. The van der Waals surface area contributed by atoms with E-state index in [4.69, 9.17) is 0 Å². The number of rotatable bonds is 5. The van der Waals surface area contributed by atoms with Crippen LogP contribution in [0.3, 0.4) is 0 Å². The molecule has 1 fully saturated rings. The van der Waals surface area contributed by atoms with Gasteiger partial charge in [-0.15, -0.1) is 0 Å². The van der Waals surface area contributed by atoms with E-state index in [9.17, 15) is 4.79 Å². The summed E-state index contributed by atoms with van der Waals surface area (Å²) in [6.07, 6.45) is 2.10. The quantitative estimate of drug-likeness (QED) is 0.719. The van der Waals surface area contributed by atoms with Crippen molar-refractivity contribution in [3.8, 4) is 0 Å². The molecular formula is C21H24N2OS. The summed E-state index contributed by atoms with van der Waals surface area (Å²) < 4.78 is 0. The van der Waals surface area contributed by atoms with Crippen molar-refractivity contribution in [1.82, 2.24) is 4.90 Å². The van der Waals surface area contributed by atoms with Crippen molar-refractivity contribution in [1.29, 1.82) is 0 Å². The number of ketones is 1. The first-order valence-corrected chi connectivity index (χ1v) is 9.75. The Morgan fingerprint density at radius 1 is 1.16 bits per heavy atom. The van der Waals surface area contributed by atoms with Crippen LogP contribution < -0.4 is 4.90 Å². The molecule has 0 N–H and O–H groups in total. The van der Waals surface area contributed by atoms with E-state index in [0.29, 0.717) is 11.8 Å². The fourth-order valence-corrected chi connectivity index (χ4v) is 4.26. The molecule has 1 saturated carbocycles. The molecule has 2 aromatic carbocycles. The highest BCUT2D eigenvalue weighted by atomic mass is 32.2. The van der Waals surface area contributed by atoms with E-state index in [1.807, 2.05) is 6.07 Å². The van der Waals surface area contributed by atoms with Crippen molar-refractivity contribution in [3.05, 3.63) is 48.0 Å². The molecule has 25 heavy (non-hydrogen) atoms. The van der Waals surface area contributed by atoms with Crippen molar-refractivity contribution >= 4 is 28.9 Å². The number of anilines is 2. The van der Waals surface area contributed by atoms with Gasteiger partial charge in [-0.05, 0) is 58.1 Å². The van der Waals surface area contributed by atoms with E-state index in [2.05, 4.69) is 67.2 Å². The SMILES string of the molecule is CC(CN1c2ccccc2Sc2ccc(C(=O)C3CC3)cc21)N(C)C. The van der Waals surface area contributed by atoms with Crippen LogP contribution in [0.15, 0.2) is 52.3 Å². The first-order valence-electron chi connectivity index (χ1n) is 8.93. The molecule has 1 aliphatic carbocycles. The molecule has 2 aromatic rings. The van der Waals surface area contributed by atoms with Crippen LogP contribution in [0.1, 0.15) is 30.1 Å². The molecule has 1 heterocycles. The Hall–Kier alpha value is -1.78. The molecule has 0 aromatic heterocycles. The highest BCUT2D eigenvalue weighted by Crippen LogP contribution is 2.48. The van der Waals surface area contributed by atoms with E-state index < -0.39 is 0 Å². The van der Waals surface area contributed by atoms with Gasteiger partial charge in [0.15, 0.2) is 5.78 Å². The lowest BCUT2D eigenvalue weighted by Crippen LogP contribution is -2.37. The number of carbonyl (C=O) groups is 1. The zero-order valence-electron chi connectivity index (χ0n) is 15.0. The Balaban J connectivity index is 1.76. The molecule has 3 nitrogen and oxygen atoms in total. The minimum Gasteiger partial charge on any atom is -0.338 e. The van der Waals surface area contributed by atoms with Gasteiger partial charge in [0.25, 0.3) is 0 Å². The summed E-state index contributed by atoms with van der Waals surface area (Å²) in [4.78, 5) is 19.7. The second-order valence-electron chi connectivity index (χ2n) is 7.31. The number of likely N-dealkylation sites (N-methyl/N-ethyl adjacent to an activating group) is 1. The summed E-state index contributed by atoms with van der Waals surface area (Å²) in [5, 5.41) is 0. The molecular weight excluding hydrogens is 328 g/mol. The first kappa shape index (κ1) is 16.7. The third-order valence-electron chi connectivity index (χ3n) is 5.19. The molecule has 2 aliphatic rings. The summed E-state index contributed by atoms with van der Waals surface area (Å²) in [5.74, 6) is 0.572. The van der Waals surface area contributed by atoms with Crippen LogP contribution in [0.4, 0.5) is 11.4 Å². The van der Waals surface area contributed by atoms with Crippen LogP contribution in [0.5, 0.6) is 0 Å². The molecule has 4 rings (SSSR count). The third-order valence-corrected chi connectivity index (χ3v) is 6.32. The Kier molecular flexibility index (Phi) is 4.34. The average Bonchev–Trinajstić information content (AvgIpc) is 3.45. The monoisotopic (exact) mass is 352 g/mol. The van der Waals surface area contributed by atoms with Crippen LogP contribution >= 0.6 is 11.8 Å². The standard InChI is InChI=1S/C21H24N2OS/c1-14(22(2)3)13-23-17-6-4-5-7-19(17)25-20-11-10-16(12-18(20)23)21(24)15-8-9-15/h4-7,10-12,14-15H,8-9,13H2,1-3H3. The van der Waals surface area contributed by atoms with E-state index in [0.717, 1.165) is 24.9 Å². The minimum atomic E-state index is 0.260. The molecule has 0 spiro atoms. The van der Waals surface area contributed by atoms with Crippen LogP contribution in [-0.2, 0) is 0 Å².